The first-order valence-corrected chi connectivity index (χ1v) is 55.2. The van der Waals surface area contributed by atoms with Crippen molar-refractivity contribution in [2.45, 2.75) is 234 Å². The molecule has 0 saturated carbocycles. The van der Waals surface area contributed by atoms with Gasteiger partial charge in [0.05, 0.1) is 35.8 Å². The van der Waals surface area contributed by atoms with Gasteiger partial charge in [-0.2, -0.15) is 0 Å². The topological polar surface area (TPSA) is 269 Å². The van der Waals surface area contributed by atoms with Gasteiger partial charge in [0, 0.05) is 95.5 Å². The molecule has 148 heavy (non-hydrogen) atoms. The molecule has 13 aliphatic rings. The molecule has 780 valence electrons. The highest BCUT2D eigenvalue weighted by Gasteiger charge is 2.36. The third-order valence-corrected chi connectivity index (χ3v) is 30.2. The van der Waals surface area contributed by atoms with Gasteiger partial charge >= 0.3 is 0 Å². The second-order valence-electron chi connectivity index (χ2n) is 39.1. The van der Waals surface area contributed by atoms with Gasteiger partial charge in [-0.25, -0.2) is 0 Å². The quantitative estimate of drug-likeness (QED) is 0.0860. The lowest BCUT2D eigenvalue weighted by atomic mass is 9.97. The number of benzene rings is 10. The van der Waals surface area contributed by atoms with Gasteiger partial charge in [-0.3, -0.25) is 10.1 Å². The highest BCUT2D eigenvalue weighted by atomic mass is 79.9. The van der Waals surface area contributed by atoms with Crippen LogP contribution in [0.3, 0.4) is 0 Å². The third-order valence-electron chi connectivity index (χ3n) is 27.2. The molecule has 0 N–H and O–H groups in total. The van der Waals surface area contributed by atoms with Crippen molar-refractivity contribution in [2.24, 2.45) is 75.2 Å². The Bertz CT molecular complexity index is 6120. The first kappa shape index (κ1) is 112. The van der Waals surface area contributed by atoms with E-state index in [0.29, 0.717) is 23.9 Å². The highest BCUT2D eigenvalue weighted by Crippen LogP contribution is 2.41. The van der Waals surface area contributed by atoms with Crippen molar-refractivity contribution in [1.29, 1.82) is 0 Å². The van der Waals surface area contributed by atoms with E-state index in [1.807, 2.05) is 110 Å². The molecule has 32 heteroatoms. The first-order chi connectivity index (χ1) is 71.6. The summed E-state index contributed by atoms with van der Waals surface area (Å²) in [7, 11) is 0. The van der Waals surface area contributed by atoms with Gasteiger partial charge in [-0.05, 0) is 246 Å². The second kappa shape index (κ2) is 56.9. The summed E-state index contributed by atoms with van der Waals surface area (Å²) in [6, 6.07) is 87.1. The number of piperidine rings is 3. The lowest BCUT2D eigenvalue weighted by Gasteiger charge is -2.31. The maximum Gasteiger partial charge on any atom is 0.269 e. The van der Waals surface area contributed by atoms with Gasteiger partial charge in [0.15, 0.2) is 61.0 Å². The molecular weight excluding hydrogens is 2220 g/mol. The molecule has 23 rings (SSSR count). The Morgan fingerprint density at radius 3 is 0.953 bits per heavy atom. The number of oxime groups is 10. The first-order valence-electron chi connectivity index (χ1n) is 50.8. The van der Waals surface area contributed by atoms with Crippen molar-refractivity contribution < 1.29 is 53.3 Å². The van der Waals surface area contributed by atoms with Crippen LogP contribution in [0.15, 0.2) is 312 Å². The van der Waals surface area contributed by atoms with Crippen LogP contribution < -0.4 is 0 Å². The number of hydrogen-bond acceptors (Lipinski definition) is 25. The zero-order chi connectivity index (χ0) is 104. The van der Waals surface area contributed by atoms with Crippen LogP contribution >= 0.6 is 91.3 Å². The molecule has 0 spiro atoms. The smallest absolute Gasteiger partial charge is 0.269 e. The van der Waals surface area contributed by atoms with Crippen LogP contribution in [0, 0.1) is 75.3 Å². The summed E-state index contributed by atoms with van der Waals surface area (Å²) in [5, 5.41) is 51.1. The van der Waals surface area contributed by atoms with Crippen molar-refractivity contribution in [3.8, 4) is 0 Å². The number of nitro groups is 1. The van der Waals surface area contributed by atoms with Crippen molar-refractivity contribution >= 4 is 148 Å². The van der Waals surface area contributed by atoms with Crippen molar-refractivity contribution in [2.75, 3.05) is 39.3 Å². The van der Waals surface area contributed by atoms with E-state index in [4.69, 9.17) is 60.0 Å². The molecule has 11 atom stereocenters. The fourth-order valence-electron chi connectivity index (χ4n) is 18.0. The van der Waals surface area contributed by atoms with E-state index in [1.54, 1.807) is 12.1 Å². The van der Waals surface area contributed by atoms with Crippen molar-refractivity contribution in [1.82, 2.24) is 14.7 Å². The maximum atomic E-state index is 10.8. The molecule has 10 aromatic rings. The SMILES string of the molecule is BrC1=NOC(c2ccccc2)C1.CC1=NOC(c2ccccc2)C1.CC1CCN(C2=NOC(c3cccc([N+](=O)[O-])c3)C2)CC1.Cc1ccc(C2CC(Br)=NO2)cc1.Cc1ccc(C2CC(N3CCC(C)CC3)=NO2)cc1.Cc1ccc(C2ON=C(Br)C2C)cc1.Cc1cccc(C2CC(Br)=NO2)c1.Cc1ccccc1C1CC(Br)=NO1.Cc1ccccc1C1CC(N2CCC(C)CC2)=NO1.ClC1=NOC(c2ccccc2)C1. The largest absolute Gasteiger partial charge is 0.387 e. The summed E-state index contributed by atoms with van der Waals surface area (Å²) in [5.74, 6) is 6.03. The molecule has 0 aromatic heterocycles. The van der Waals surface area contributed by atoms with Crippen molar-refractivity contribution in [3.63, 3.8) is 0 Å². The van der Waals surface area contributed by atoms with Crippen LogP contribution in [-0.2, 0) is 48.4 Å². The molecule has 0 radical (unpaired) electrons. The minimum Gasteiger partial charge on any atom is -0.387 e. The van der Waals surface area contributed by atoms with Crippen LogP contribution in [0.2, 0.25) is 0 Å². The summed E-state index contributed by atoms with van der Waals surface area (Å²) >= 11 is 22.3. The lowest BCUT2D eigenvalue weighted by Crippen LogP contribution is -2.37. The van der Waals surface area contributed by atoms with E-state index in [0.717, 1.165) is 159 Å². The molecule has 3 fully saturated rings. The van der Waals surface area contributed by atoms with Gasteiger partial charge in [0.1, 0.15) is 45.8 Å². The van der Waals surface area contributed by atoms with E-state index in [9.17, 15) is 10.1 Å². The standard InChI is InChI=1S/2C16H22N2O.C15H19N3O3.C11H12BrNO.3C10H10BrNO.C10H11NO.C9H8BrNO.C9H8ClNO/c1-12-3-5-14(6-4-12)15-11-16(17-19-15)18-9-7-13(2)8-10-18;1-12-7-9-18(10-8-12)16-11-15(19-17-16)14-6-4-3-5-13(14)2;1-11-5-7-17(8-6-11)15-10-14(21-16-15)12-3-2-4-13(9-12)18(19)20;1-7-3-5-9(6-4-7)10-8(2)11(12)13-14-10;1-7-2-4-8(5-3-7)9-6-10(11)12-13-9;1-7-3-2-4-8(5-7)9-6-10(11)12-13-9;1-7-4-2-3-5-8(7)9-6-10(11)12-13-9;1-8-7-10(12-11-8)9-5-3-2-4-6-9;2*10-9-6-8(12-11-9)7-4-2-1-3-5-7/h3-6,13,15H,7-11H2,1-2H3;3-6,12,15H,7-11H2,1-2H3;2-4,9,11,14H,5-8,10H2,1H3;3-6,8,10H,1-2H3;3*2-5,9H,6H2,1H3;2-6,10H,7H2,1H3;2*1-5,8H,6H2. The maximum absolute atomic E-state index is 10.8. The third kappa shape index (κ3) is 34.2. The highest BCUT2D eigenvalue weighted by molar-refractivity contribution is 9.19. The number of likely N-dealkylation sites (tertiary alicyclic amines) is 3. The number of aryl methyl sites for hydroxylation is 6. The molecule has 3 saturated heterocycles. The van der Waals surface area contributed by atoms with Crippen LogP contribution in [0.4, 0.5) is 5.69 Å². The molecule has 0 amide bonds. The molecule has 13 aliphatic heterocycles. The van der Waals surface area contributed by atoms with E-state index < -0.39 is 0 Å². The van der Waals surface area contributed by atoms with E-state index in [-0.39, 0.29) is 71.7 Å². The fourth-order valence-corrected chi connectivity index (χ4v) is 20.0. The average molecular weight is 2350 g/mol. The summed E-state index contributed by atoms with van der Waals surface area (Å²) in [5.41, 5.74) is 20.4. The Balaban J connectivity index is 0.000000131. The minimum atomic E-state index is -0.383. The monoisotopic (exact) mass is 2340 g/mol. The summed E-state index contributed by atoms with van der Waals surface area (Å²) in [4.78, 5) is 70.9. The van der Waals surface area contributed by atoms with Crippen LogP contribution in [-0.4, -0.2) is 110 Å². The molecule has 11 unspecified atom stereocenters. The number of nitrogens with zero attached hydrogens (tertiary/aromatic N) is 14. The second-order valence-corrected chi connectivity index (χ2v) is 44.0. The molecule has 10 aromatic carbocycles. The lowest BCUT2D eigenvalue weighted by molar-refractivity contribution is -0.385. The normalized spacial score (nSPS) is 22.7. The molecule has 0 aliphatic carbocycles. The van der Waals surface area contributed by atoms with Crippen LogP contribution in [0.5, 0.6) is 0 Å². The van der Waals surface area contributed by atoms with Gasteiger partial charge in [0.2, 0.25) is 0 Å². The summed E-state index contributed by atoms with van der Waals surface area (Å²) < 4.78 is 4.44. The van der Waals surface area contributed by atoms with E-state index >= 15 is 0 Å². The van der Waals surface area contributed by atoms with Gasteiger partial charge in [-0.1, -0.05) is 362 Å². The Hall–Kier alpha value is -11.6. The number of rotatable bonds is 11. The van der Waals surface area contributed by atoms with Crippen molar-refractivity contribution in [3.05, 3.63) is 360 Å². The molecule has 0 bridgehead atoms. The Morgan fingerprint density at radius 2 is 0.595 bits per heavy atom. The number of hydrogen-bond donors (Lipinski definition) is 0. The Labute approximate surface area is 917 Å². The van der Waals surface area contributed by atoms with Crippen LogP contribution in [0.25, 0.3) is 0 Å². The van der Waals surface area contributed by atoms with Gasteiger partial charge in [0.25, 0.3) is 5.69 Å². The van der Waals surface area contributed by atoms with E-state index in [1.165, 1.54) is 122 Å². The number of non-ortho nitro benzene ring substituents is 1. The summed E-state index contributed by atoms with van der Waals surface area (Å²) in [6.07, 6.45) is 15.5. The molecular formula is C116H132Br5ClN14O12. The Morgan fingerprint density at radius 1 is 0.291 bits per heavy atom. The van der Waals surface area contributed by atoms with E-state index in [2.05, 4.69) is 355 Å². The van der Waals surface area contributed by atoms with Crippen LogP contribution in [0.1, 0.15) is 281 Å². The number of nitro benzene ring substituents is 1. The predicted molar refractivity (Wildman–Crippen MR) is 609 cm³/mol. The van der Waals surface area contributed by atoms with Gasteiger partial charge in [-0.15, -0.1) is 0 Å². The zero-order valence-electron chi connectivity index (χ0n) is 85.7. The molecule has 13 heterocycles. The summed E-state index contributed by atoms with van der Waals surface area (Å²) in [6.45, 7) is 30.2. The number of halogens is 6. The Kier molecular flexibility index (Phi) is 43.0. The number of amidine groups is 3. The molecule has 26 nitrogen and oxygen atoms in total. The predicted octanol–water partition coefficient (Wildman–Crippen LogP) is 31.1. The minimum absolute atomic E-state index is 0.0127. The average Bonchev–Trinajstić information content (AvgIpc) is 1.67. The fraction of sp³-hybridized carbons (Fsp3) is 0.397. The van der Waals surface area contributed by atoms with Gasteiger partial charge < -0.3 is 63.1 Å². The zero-order valence-corrected chi connectivity index (χ0v) is 94.4.